The van der Waals surface area contributed by atoms with E-state index >= 15 is 0 Å². The average molecular weight is 280 g/mol. The van der Waals surface area contributed by atoms with Crippen molar-refractivity contribution in [3.8, 4) is 0 Å². The van der Waals surface area contributed by atoms with Crippen molar-refractivity contribution in [1.29, 1.82) is 0 Å². The van der Waals surface area contributed by atoms with Gasteiger partial charge in [-0.3, -0.25) is 0 Å². The summed E-state index contributed by atoms with van der Waals surface area (Å²) in [6, 6.07) is 0. The standard InChI is InChI=1S/C8H14ClN5O2S/c1-14(2)8-12-6(9)11-7(13-8)10-4-5-17(3,15)16/h4-5H2,1-3H3,(H,10,11,12,13). The summed E-state index contributed by atoms with van der Waals surface area (Å²) >= 11 is 5.72. The molecular formula is C8H14ClN5O2S. The molecule has 0 aromatic carbocycles. The van der Waals surface area contributed by atoms with Crippen LogP contribution in [0, 0.1) is 0 Å². The van der Waals surface area contributed by atoms with Gasteiger partial charge in [0.2, 0.25) is 17.2 Å². The van der Waals surface area contributed by atoms with Gasteiger partial charge in [-0.2, -0.15) is 15.0 Å². The Kier molecular flexibility index (Phi) is 4.47. The Morgan fingerprint density at radius 1 is 1.29 bits per heavy atom. The van der Waals surface area contributed by atoms with Crippen LogP contribution in [0.3, 0.4) is 0 Å². The Morgan fingerprint density at radius 3 is 2.47 bits per heavy atom. The van der Waals surface area contributed by atoms with E-state index in [1.54, 1.807) is 19.0 Å². The molecule has 1 N–H and O–H groups in total. The Balaban J connectivity index is 2.71. The minimum Gasteiger partial charge on any atom is -0.353 e. The molecule has 96 valence electrons. The molecule has 0 aliphatic carbocycles. The van der Waals surface area contributed by atoms with Gasteiger partial charge in [0.25, 0.3) is 0 Å². The number of aromatic nitrogens is 3. The van der Waals surface area contributed by atoms with Crippen molar-refractivity contribution in [2.75, 3.05) is 42.9 Å². The van der Waals surface area contributed by atoms with Crippen LogP contribution in [0.15, 0.2) is 0 Å². The molecule has 0 radical (unpaired) electrons. The van der Waals surface area contributed by atoms with Crippen LogP contribution in [-0.2, 0) is 9.84 Å². The molecule has 9 heteroatoms. The topological polar surface area (TPSA) is 88.1 Å². The molecule has 0 amide bonds. The smallest absolute Gasteiger partial charge is 0.230 e. The number of anilines is 2. The zero-order valence-corrected chi connectivity index (χ0v) is 11.4. The van der Waals surface area contributed by atoms with E-state index in [-0.39, 0.29) is 23.5 Å². The summed E-state index contributed by atoms with van der Waals surface area (Å²) in [7, 11) is 0.532. The molecule has 0 saturated carbocycles. The van der Waals surface area contributed by atoms with Gasteiger partial charge in [0.05, 0.1) is 5.75 Å². The second kappa shape index (κ2) is 5.46. The highest BCUT2D eigenvalue weighted by Crippen LogP contribution is 2.11. The van der Waals surface area contributed by atoms with Gasteiger partial charge >= 0.3 is 0 Å². The molecule has 17 heavy (non-hydrogen) atoms. The molecule has 0 spiro atoms. The van der Waals surface area contributed by atoms with Gasteiger partial charge in [-0.25, -0.2) is 8.42 Å². The Hall–Kier alpha value is -1.15. The van der Waals surface area contributed by atoms with Crippen LogP contribution < -0.4 is 10.2 Å². The maximum atomic E-state index is 10.9. The molecule has 0 unspecified atom stereocenters. The van der Waals surface area contributed by atoms with Crippen molar-refractivity contribution in [3.05, 3.63) is 5.28 Å². The van der Waals surface area contributed by atoms with Crippen molar-refractivity contribution >= 4 is 33.3 Å². The summed E-state index contributed by atoms with van der Waals surface area (Å²) in [6.07, 6.45) is 1.17. The summed E-state index contributed by atoms with van der Waals surface area (Å²) in [5.41, 5.74) is 0. The number of halogens is 1. The van der Waals surface area contributed by atoms with Gasteiger partial charge in [-0.15, -0.1) is 0 Å². The van der Waals surface area contributed by atoms with Crippen molar-refractivity contribution in [3.63, 3.8) is 0 Å². The molecule has 1 heterocycles. The van der Waals surface area contributed by atoms with E-state index in [4.69, 9.17) is 11.6 Å². The lowest BCUT2D eigenvalue weighted by molar-refractivity contribution is 0.602. The summed E-state index contributed by atoms with van der Waals surface area (Å²) in [5, 5.41) is 2.85. The zero-order chi connectivity index (χ0) is 13.1. The first-order valence-electron chi connectivity index (χ1n) is 4.78. The highest BCUT2D eigenvalue weighted by Gasteiger charge is 2.07. The zero-order valence-electron chi connectivity index (χ0n) is 9.81. The molecule has 0 aliphatic heterocycles. The normalized spacial score (nSPS) is 11.3. The van der Waals surface area contributed by atoms with Gasteiger partial charge in [0.1, 0.15) is 9.84 Å². The molecule has 0 aliphatic rings. The molecule has 7 nitrogen and oxygen atoms in total. The van der Waals surface area contributed by atoms with E-state index < -0.39 is 9.84 Å². The third kappa shape index (κ3) is 5.14. The fraction of sp³-hybridized carbons (Fsp3) is 0.625. The van der Waals surface area contributed by atoms with E-state index in [2.05, 4.69) is 20.3 Å². The van der Waals surface area contributed by atoms with Crippen LogP contribution in [0.5, 0.6) is 0 Å². The van der Waals surface area contributed by atoms with Gasteiger partial charge in [0.15, 0.2) is 0 Å². The van der Waals surface area contributed by atoms with Crippen LogP contribution in [0.2, 0.25) is 5.28 Å². The largest absolute Gasteiger partial charge is 0.353 e. The summed E-state index contributed by atoms with van der Waals surface area (Å²) in [5.74, 6) is 0.678. The second-order valence-electron chi connectivity index (χ2n) is 3.68. The number of nitrogens with one attached hydrogen (secondary N) is 1. The van der Waals surface area contributed by atoms with E-state index in [0.717, 1.165) is 0 Å². The number of rotatable bonds is 5. The average Bonchev–Trinajstić information content (AvgIpc) is 2.14. The van der Waals surface area contributed by atoms with Crippen molar-refractivity contribution in [2.45, 2.75) is 0 Å². The van der Waals surface area contributed by atoms with E-state index in [9.17, 15) is 8.42 Å². The fourth-order valence-electron chi connectivity index (χ4n) is 0.967. The Labute approximate surface area is 105 Å². The Morgan fingerprint density at radius 2 is 1.94 bits per heavy atom. The van der Waals surface area contributed by atoms with E-state index in [1.807, 2.05) is 0 Å². The third-order valence-electron chi connectivity index (χ3n) is 1.75. The maximum absolute atomic E-state index is 10.9. The first kappa shape index (κ1) is 13.9. The maximum Gasteiger partial charge on any atom is 0.230 e. The SMILES string of the molecule is CN(C)c1nc(Cl)nc(NCCS(C)(=O)=O)n1. The number of nitrogens with zero attached hydrogens (tertiary/aromatic N) is 4. The number of sulfone groups is 1. The molecular weight excluding hydrogens is 266 g/mol. The van der Waals surface area contributed by atoms with Crippen LogP contribution in [0.4, 0.5) is 11.9 Å². The van der Waals surface area contributed by atoms with Gasteiger partial charge in [0, 0.05) is 26.9 Å². The predicted molar refractivity (Wildman–Crippen MR) is 67.4 cm³/mol. The number of hydrogen-bond acceptors (Lipinski definition) is 7. The fourth-order valence-corrected chi connectivity index (χ4v) is 1.60. The molecule has 1 rings (SSSR count). The van der Waals surface area contributed by atoms with Crippen molar-refractivity contribution < 1.29 is 8.42 Å². The lowest BCUT2D eigenvalue weighted by Crippen LogP contribution is -2.18. The molecule has 0 saturated heterocycles. The van der Waals surface area contributed by atoms with E-state index in [1.165, 1.54) is 6.26 Å². The van der Waals surface area contributed by atoms with Crippen LogP contribution in [-0.4, -0.2) is 56.0 Å². The third-order valence-corrected chi connectivity index (χ3v) is 2.87. The molecule has 0 atom stereocenters. The molecule has 0 bridgehead atoms. The monoisotopic (exact) mass is 279 g/mol. The minimum absolute atomic E-state index is 0.00754. The molecule has 1 aromatic heterocycles. The Bertz CT molecular complexity index is 491. The highest BCUT2D eigenvalue weighted by atomic mass is 35.5. The van der Waals surface area contributed by atoms with E-state index in [0.29, 0.717) is 5.95 Å². The quantitative estimate of drug-likeness (QED) is 0.814. The minimum atomic E-state index is -3.01. The van der Waals surface area contributed by atoms with Gasteiger partial charge < -0.3 is 10.2 Å². The lowest BCUT2D eigenvalue weighted by atomic mass is 10.7. The highest BCUT2D eigenvalue weighted by molar-refractivity contribution is 7.90. The van der Waals surface area contributed by atoms with Crippen molar-refractivity contribution in [1.82, 2.24) is 15.0 Å². The number of hydrogen-bond donors (Lipinski definition) is 1. The van der Waals surface area contributed by atoms with Crippen LogP contribution in [0.25, 0.3) is 0 Å². The molecule has 0 fully saturated rings. The first-order valence-corrected chi connectivity index (χ1v) is 7.22. The first-order chi connectivity index (χ1) is 7.78. The molecule has 1 aromatic rings. The summed E-state index contributed by atoms with van der Waals surface area (Å²) in [4.78, 5) is 13.5. The predicted octanol–water partition coefficient (Wildman–Crippen LogP) is 0.0475. The van der Waals surface area contributed by atoms with Crippen molar-refractivity contribution in [2.24, 2.45) is 0 Å². The van der Waals surface area contributed by atoms with Gasteiger partial charge in [-0.1, -0.05) is 0 Å². The van der Waals surface area contributed by atoms with Crippen LogP contribution in [0.1, 0.15) is 0 Å². The summed E-state index contributed by atoms with van der Waals surface area (Å²) < 4.78 is 21.9. The summed E-state index contributed by atoms with van der Waals surface area (Å²) in [6.45, 7) is 0.228. The van der Waals surface area contributed by atoms with Gasteiger partial charge in [-0.05, 0) is 11.6 Å². The van der Waals surface area contributed by atoms with Crippen LogP contribution >= 0.6 is 11.6 Å². The second-order valence-corrected chi connectivity index (χ2v) is 6.28. The lowest BCUT2D eigenvalue weighted by Gasteiger charge is -2.11.